The molecule has 4 aromatic rings. The van der Waals surface area contributed by atoms with Crippen LogP contribution in [-0.2, 0) is 16.6 Å². The average Bonchev–Trinajstić information content (AvgIpc) is 3.49. The van der Waals surface area contributed by atoms with E-state index >= 15 is 0 Å². The summed E-state index contributed by atoms with van der Waals surface area (Å²) in [5, 5.41) is 23.9. The second-order valence-electron chi connectivity index (χ2n) is 8.39. The van der Waals surface area contributed by atoms with Crippen LogP contribution in [0.2, 0.25) is 0 Å². The third-order valence-electron chi connectivity index (χ3n) is 5.96. The first-order chi connectivity index (χ1) is 16.3. The van der Waals surface area contributed by atoms with E-state index in [1.165, 1.54) is 4.31 Å². The van der Waals surface area contributed by atoms with E-state index < -0.39 is 16.1 Å². The Morgan fingerprint density at radius 2 is 2.06 bits per heavy atom. The first-order valence-corrected chi connectivity index (χ1v) is 12.5. The van der Waals surface area contributed by atoms with E-state index in [9.17, 15) is 18.8 Å². The highest BCUT2D eigenvalue weighted by atomic mass is 32.2. The van der Waals surface area contributed by atoms with Gasteiger partial charge in [-0.15, -0.1) is 0 Å². The molecule has 0 amide bonds. The lowest BCUT2D eigenvalue weighted by atomic mass is 10.1. The van der Waals surface area contributed by atoms with Crippen molar-refractivity contribution in [2.24, 2.45) is 0 Å². The Morgan fingerprint density at radius 1 is 1.24 bits per heavy atom. The van der Waals surface area contributed by atoms with E-state index in [1.807, 2.05) is 35.8 Å². The van der Waals surface area contributed by atoms with Gasteiger partial charge in [0.1, 0.15) is 18.2 Å². The molecule has 1 unspecified atom stereocenters. The topological polar surface area (TPSA) is 130 Å². The maximum absolute atomic E-state index is 12.2. The van der Waals surface area contributed by atoms with Crippen LogP contribution in [0, 0.1) is 18.3 Å². The number of aliphatic hydroxyl groups excluding tert-OH is 1. The molecule has 1 saturated heterocycles. The van der Waals surface area contributed by atoms with Gasteiger partial charge in [-0.3, -0.25) is 4.57 Å². The number of hydrogen-bond acceptors (Lipinski definition) is 7. The Balaban J connectivity index is 1.59. The van der Waals surface area contributed by atoms with Crippen LogP contribution >= 0.6 is 0 Å². The molecule has 5 rings (SSSR count). The molecule has 1 aliphatic heterocycles. The minimum atomic E-state index is -3.20. The highest BCUT2D eigenvalue weighted by Crippen LogP contribution is 2.26. The third kappa shape index (κ3) is 3.86. The van der Waals surface area contributed by atoms with Gasteiger partial charge in [0.15, 0.2) is 11.5 Å². The van der Waals surface area contributed by atoms with Crippen LogP contribution in [-0.4, -0.2) is 54.4 Å². The van der Waals surface area contributed by atoms with E-state index in [4.69, 9.17) is 4.98 Å². The van der Waals surface area contributed by atoms with Gasteiger partial charge in [0, 0.05) is 24.3 Å². The number of imidazole rings is 1. The normalized spacial score (nSPS) is 16.6. The first-order valence-electron chi connectivity index (χ1n) is 10.9. The van der Waals surface area contributed by atoms with Crippen molar-refractivity contribution in [3.63, 3.8) is 0 Å². The fourth-order valence-electron chi connectivity index (χ4n) is 4.23. The van der Waals surface area contributed by atoms with Crippen LogP contribution in [0.3, 0.4) is 0 Å². The number of nitrogens with zero attached hydrogens (tertiary/aromatic N) is 7. The number of hydrogen-bond donors (Lipinski definition) is 1. The summed E-state index contributed by atoms with van der Waals surface area (Å²) in [6, 6.07) is 12.9. The standard InChI is InChI=1S/C23H23N7O3S/c1-15-10-18(12-24)27-30(15)23-19(16(2)31)5-7-22(26-23)29-14-25-20-6-4-17(11-21(20)29)13-28-8-3-9-34(28,32)33/h4-7,10-11,14,16,31H,3,8-9,13H2,1-2H3. The third-order valence-corrected chi connectivity index (χ3v) is 7.87. The van der Waals surface area contributed by atoms with Crippen LogP contribution in [0.15, 0.2) is 42.7 Å². The van der Waals surface area contributed by atoms with Crippen molar-refractivity contribution in [1.29, 1.82) is 5.26 Å². The molecule has 34 heavy (non-hydrogen) atoms. The van der Waals surface area contributed by atoms with E-state index in [1.54, 1.807) is 36.1 Å². The molecule has 0 spiro atoms. The number of aryl methyl sites for hydroxylation is 1. The van der Waals surface area contributed by atoms with Crippen molar-refractivity contribution in [3.8, 4) is 17.7 Å². The molecule has 0 aliphatic carbocycles. The van der Waals surface area contributed by atoms with Crippen molar-refractivity contribution in [3.05, 3.63) is 65.2 Å². The van der Waals surface area contributed by atoms with Crippen molar-refractivity contribution in [1.82, 2.24) is 28.6 Å². The fraction of sp³-hybridized carbons (Fsp3) is 0.304. The highest BCUT2D eigenvalue weighted by Gasteiger charge is 2.28. The van der Waals surface area contributed by atoms with E-state index in [0.717, 1.165) is 16.6 Å². The summed E-state index contributed by atoms with van der Waals surface area (Å²) in [6.07, 6.45) is 1.51. The maximum Gasteiger partial charge on any atom is 0.214 e. The lowest BCUT2D eigenvalue weighted by Crippen LogP contribution is -2.25. The molecular weight excluding hydrogens is 454 g/mol. The largest absolute Gasteiger partial charge is 0.389 e. The Labute approximate surface area is 196 Å². The Morgan fingerprint density at radius 3 is 2.74 bits per heavy atom. The van der Waals surface area contributed by atoms with E-state index in [-0.39, 0.29) is 11.4 Å². The average molecular weight is 478 g/mol. The van der Waals surface area contributed by atoms with Crippen molar-refractivity contribution in [2.45, 2.75) is 32.9 Å². The quantitative estimate of drug-likeness (QED) is 0.467. The smallest absolute Gasteiger partial charge is 0.214 e. The number of pyridine rings is 1. The zero-order valence-electron chi connectivity index (χ0n) is 18.7. The molecule has 0 saturated carbocycles. The van der Waals surface area contributed by atoms with E-state index in [0.29, 0.717) is 42.4 Å². The van der Waals surface area contributed by atoms with Gasteiger partial charge in [0.2, 0.25) is 10.0 Å². The molecular formula is C23H23N7O3S. The van der Waals surface area contributed by atoms with Gasteiger partial charge in [-0.2, -0.15) is 14.7 Å². The zero-order chi connectivity index (χ0) is 24.0. The van der Waals surface area contributed by atoms with Crippen LogP contribution in [0.4, 0.5) is 0 Å². The molecule has 1 fully saturated rings. The van der Waals surface area contributed by atoms with Gasteiger partial charge in [-0.1, -0.05) is 6.07 Å². The SMILES string of the molecule is Cc1cc(C#N)nn1-c1nc(-n2cnc3ccc(CN4CCCS4(=O)=O)cc32)ccc1C(C)O. The summed E-state index contributed by atoms with van der Waals surface area (Å²) in [6.45, 7) is 4.31. The molecule has 1 atom stereocenters. The lowest BCUT2D eigenvalue weighted by molar-refractivity contribution is 0.198. The predicted molar refractivity (Wildman–Crippen MR) is 125 cm³/mol. The Kier molecular flexibility index (Phi) is 5.44. The molecule has 0 bridgehead atoms. The summed E-state index contributed by atoms with van der Waals surface area (Å²) >= 11 is 0. The molecule has 1 aliphatic rings. The molecule has 1 aromatic carbocycles. The number of fused-ring (bicyclic) bond motifs is 1. The maximum atomic E-state index is 12.2. The second-order valence-corrected chi connectivity index (χ2v) is 10.5. The number of aliphatic hydroxyl groups is 1. The monoisotopic (exact) mass is 477 g/mol. The minimum absolute atomic E-state index is 0.190. The van der Waals surface area contributed by atoms with Crippen LogP contribution in [0.1, 0.15) is 42.0 Å². The minimum Gasteiger partial charge on any atom is -0.389 e. The molecule has 0 radical (unpaired) electrons. The zero-order valence-corrected chi connectivity index (χ0v) is 19.6. The lowest BCUT2D eigenvalue weighted by Gasteiger charge is -2.15. The predicted octanol–water partition coefficient (Wildman–Crippen LogP) is 2.38. The molecule has 3 aromatic heterocycles. The van der Waals surface area contributed by atoms with Gasteiger partial charge in [-0.05, 0) is 56.2 Å². The molecule has 4 heterocycles. The first kappa shape index (κ1) is 22.2. The summed E-state index contributed by atoms with van der Waals surface area (Å²) < 4.78 is 29.3. The van der Waals surface area contributed by atoms with Gasteiger partial charge in [0.05, 0.1) is 22.9 Å². The number of nitriles is 1. The van der Waals surface area contributed by atoms with Gasteiger partial charge >= 0.3 is 0 Å². The van der Waals surface area contributed by atoms with Crippen molar-refractivity contribution >= 4 is 21.1 Å². The summed E-state index contributed by atoms with van der Waals surface area (Å²) in [7, 11) is -3.20. The Bertz CT molecular complexity index is 1550. The number of sulfonamides is 1. The van der Waals surface area contributed by atoms with Gasteiger partial charge < -0.3 is 5.11 Å². The fourth-order valence-corrected chi connectivity index (χ4v) is 5.73. The number of benzene rings is 1. The summed E-state index contributed by atoms with van der Waals surface area (Å²) in [4.78, 5) is 9.24. The number of aromatic nitrogens is 5. The summed E-state index contributed by atoms with van der Waals surface area (Å²) in [5.41, 5.74) is 3.94. The number of rotatable bonds is 5. The van der Waals surface area contributed by atoms with Crippen molar-refractivity contribution < 1.29 is 13.5 Å². The van der Waals surface area contributed by atoms with Crippen LogP contribution < -0.4 is 0 Å². The second kappa shape index (κ2) is 8.32. The van der Waals surface area contributed by atoms with Crippen molar-refractivity contribution in [2.75, 3.05) is 12.3 Å². The molecule has 174 valence electrons. The van der Waals surface area contributed by atoms with E-state index in [2.05, 4.69) is 10.1 Å². The molecule has 1 N–H and O–H groups in total. The summed E-state index contributed by atoms with van der Waals surface area (Å²) in [5.74, 6) is 1.17. The van der Waals surface area contributed by atoms with Crippen LogP contribution in [0.5, 0.6) is 0 Å². The highest BCUT2D eigenvalue weighted by molar-refractivity contribution is 7.89. The van der Waals surface area contributed by atoms with Gasteiger partial charge in [-0.25, -0.2) is 23.1 Å². The van der Waals surface area contributed by atoms with Gasteiger partial charge in [0.25, 0.3) is 0 Å². The molecule has 10 nitrogen and oxygen atoms in total. The molecule has 11 heteroatoms. The Hall–Kier alpha value is -3.59. The van der Waals surface area contributed by atoms with Crippen LogP contribution in [0.25, 0.3) is 22.7 Å².